The number of aromatic hydroxyl groups is 1. The van der Waals surface area contributed by atoms with E-state index in [1.54, 1.807) is 18.2 Å². The van der Waals surface area contributed by atoms with Crippen LogP contribution in [0, 0.1) is 5.41 Å². The normalized spacial score (nSPS) is 21.4. The van der Waals surface area contributed by atoms with Crippen molar-refractivity contribution in [2.45, 2.75) is 0 Å². The highest BCUT2D eigenvalue weighted by atomic mass is 32.2. The molecule has 5 nitrogen and oxygen atoms in total. The highest BCUT2D eigenvalue weighted by Gasteiger charge is 2.25. The standard InChI is InChI=1S/C14H15N3O2S/c15-13-12(9-10-3-1-2-4-11(10)18)20-14(16-13)17-5-7-19-8-6-17/h1-4,9,15,18H,5-8H2/b12-9-,15-13?. The Balaban J connectivity index is 1.78. The van der Waals surface area contributed by atoms with Crippen LogP contribution in [-0.2, 0) is 4.74 Å². The van der Waals surface area contributed by atoms with Gasteiger partial charge in [0.1, 0.15) is 5.75 Å². The minimum Gasteiger partial charge on any atom is -0.507 e. The molecular weight excluding hydrogens is 274 g/mol. The van der Waals surface area contributed by atoms with E-state index in [1.807, 2.05) is 12.1 Å². The van der Waals surface area contributed by atoms with Gasteiger partial charge in [-0.05, 0) is 23.9 Å². The Bertz CT molecular complexity index is 592. The fraction of sp³-hybridized carbons (Fsp3) is 0.286. The average molecular weight is 289 g/mol. The fourth-order valence-corrected chi connectivity index (χ4v) is 3.03. The molecule has 0 bridgehead atoms. The van der Waals surface area contributed by atoms with Gasteiger partial charge in [0.15, 0.2) is 11.0 Å². The van der Waals surface area contributed by atoms with E-state index in [-0.39, 0.29) is 11.6 Å². The Labute approximate surface area is 121 Å². The number of phenolic OH excluding ortho intramolecular Hbond substituents is 1. The van der Waals surface area contributed by atoms with Crippen molar-refractivity contribution in [2.75, 3.05) is 26.3 Å². The number of benzene rings is 1. The van der Waals surface area contributed by atoms with Gasteiger partial charge in [-0.15, -0.1) is 0 Å². The molecule has 20 heavy (non-hydrogen) atoms. The number of morpholine rings is 1. The van der Waals surface area contributed by atoms with Gasteiger partial charge in [-0.2, -0.15) is 0 Å². The number of amidine groups is 2. The van der Waals surface area contributed by atoms with E-state index in [2.05, 4.69) is 9.89 Å². The SMILES string of the molecule is N=C1N=C(N2CCOCC2)S/C1=C\c1ccccc1O. The first-order valence-corrected chi connectivity index (χ1v) is 7.23. The molecule has 1 fully saturated rings. The molecular formula is C14H15N3O2S. The summed E-state index contributed by atoms with van der Waals surface area (Å²) in [7, 11) is 0. The van der Waals surface area contributed by atoms with Gasteiger partial charge in [0.2, 0.25) is 0 Å². The van der Waals surface area contributed by atoms with Crippen LogP contribution in [0.15, 0.2) is 34.2 Å². The van der Waals surface area contributed by atoms with Gasteiger partial charge < -0.3 is 14.7 Å². The van der Waals surface area contributed by atoms with Crippen LogP contribution in [-0.4, -0.2) is 47.3 Å². The summed E-state index contributed by atoms with van der Waals surface area (Å²) in [6.45, 7) is 3.02. The van der Waals surface area contributed by atoms with Crippen LogP contribution in [0.3, 0.4) is 0 Å². The molecule has 0 radical (unpaired) electrons. The predicted molar refractivity (Wildman–Crippen MR) is 81.2 cm³/mol. The van der Waals surface area contributed by atoms with E-state index in [1.165, 1.54) is 11.8 Å². The number of ether oxygens (including phenoxy) is 1. The van der Waals surface area contributed by atoms with Crippen LogP contribution >= 0.6 is 11.8 Å². The topological polar surface area (TPSA) is 68.9 Å². The lowest BCUT2D eigenvalue weighted by Gasteiger charge is -2.27. The Hall–Kier alpha value is -1.79. The second-order valence-corrected chi connectivity index (χ2v) is 5.52. The van der Waals surface area contributed by atoms with Gasteiger partial charge in [0.25, 0.3) is 0 Å². The molecule has 3 rings (SSSR count). The number of rotatable bonds is 1. The molecule has 0 saturated carbocycles. The molecule has 6 heteroatoms. The van der Waals surface area contributed by atoms with Crippen LogP contribution in [0.4, 0.5) is 0 Å². The van der Waals surface area contributed by atoms with Crippen molar-refractivity contribution in [3.8, 4) is 5.75 Å². The Morgan fingerprint density at radius 3 is 2.80 bits per heavy atom. The van der Waals surface area contributed by atoms with Crippen molar-refractivity contribution >= 4 is 28.8 Å². The first-order chi connectivity index (χ1) is 9.74. The highest BCUT2D eigenvalue weighted by Crippen LogP contribution is 2.32. The van der Waals surface area contributed by atoms with Crippen molar-refractivity contribution in [3.63, 3.8) is 0 Å². The van der Waals surface area contributed by atoms with Crippen molar-refractivity contribution in [3.05, 3.63) is 34.7 Å². The third-order valence-corrected chi connectivity index (χ3v) is 4.21. The zero-order valence-corrected chi connectivity index (χ0v) is 11.7. The van der Waals surface area contributed by atoms with Crippen LogP contribution in [0.2, 0.25) is 0 Å². The molecule has 1 saturated heterocycles. The maximum atomic E-state index is 9.78. The summed E-state index contributed by atoms with van der Waals surface area (Å²) in [5, 5.41) is 18.6. The molecule has 2 heterocycles. The van der Waals surface area contributed by atoms with Gasteiger partial charge in [-0.3, -0.25) is 5.41 Å². The molecule has 2 N–H and O–H groups in total. The molecule has 0 atom stereocenters. The summed E-state index contributed by atoms with van der Waals surface area (Å²) >= 11 is 1.47. The monoisotopic (exact) mass is 289 g/mol. The van der Waals surface area contributed by atoms with Crippen LogP contribution in [0.5, 0.6) is 5.75 Å². The second kappa shape index (κ2) is 5.68. The third-order valence-electron chi connectivity index (χ3n) is 3.15. The van der Waals surface area contributed by atoms with Crippen molar-refractivity contribution in [1.82, 2.24) is 4.90 Å². The number of aliphatic imine (C=N–C) groups is 1. The first-order valence-electron chi connectivity index (χ1n) is 6.42. The molecule has 0 amide bonds. The minimum absolute atomic E-state index is 0.216. The van der Waals surface area contributed by atoms with E-state index < -0.39 is 0 Å². The molecule has 0 spiro atoms. The summed E-state index contributed by atoms with van der Waals surface area (Å²) in [4.78, 5) is 7.19. The molecule has 2 aliphatic rings. The van der Waals surface area contributed by atoms with E-state index >= 15 is 0 Å². The van der Waals surface area contributed by atoms with Gasteiger partial charge in [-0.1, -0.05) is 18.2 Å². The van der Waals surface area contributed by atoms with Crippen LogP contribution < -0.4 is 0 Å². The molecule has 0 unspecified atom stereocenters. The van der Waals surface area contributed by atoms with Gasteiger partial charge in [-0.25, -0.2) is 4.99 Å². The summed E-state index contributed by atoms with van der Waals surface area (Å²) < 4.78 is 5.32. The number of nitrogens with zero attached hydrogens (tertiary/aromatic N) is 2. The van der Waals surface area contributed by atoms with Gasteiger partial charge in [0.05, 0.1) is 18.1 Å². The molecule has 1 aromatic carbocycles. The smallest absolute Gasteiger partial charge is 0.171 e. The Morgan fingerprint density at radius 2 is 2.05 bits per heavy atom. The lowest BCUT2D eigenvalue weighted by Crippen LogP contribution is -2.38. The molecule has 0 aliphatic carbocycles. The predicted octanol–water partition coefficient (Wildman–Crippen LogP) is 2.15. The molecule has 0 aromatic heterocycles. The maximum absolute atomic E-state index is 9.78. The van der Waals surface area contributed by atoms with Gasteiger partial charge in [0, 0.05) is 18.7 Å². The van der Waals surface area contributed by atoms with Gasteiger partial charge >= 0.3 is 0 Å². The molecule has 104 valence electrons. The van der Waals surface area contributed by atoms with Crippen molar-refractivity contribution in [2.24, 2.45) is 4.99 Å². The lowest BCUT2D eigenvalue weighted by atomic mass is 10.2. The summed E-state index contributed by atoms with van der Waals surface area (Å²) in [5.41, 5.74) is 0.707. The number of thioether (sulfide) groups is 1. The molecule has 1 aromatic rings. The number of para-hydroxylation sites is 1. The number of nitrogens with one attached hydrogen (secondary N) is 1. The summed E-state index contributed by atoms with van der Waals surface area (Å²) in [6, 6.07) is 7.10. The quantitative estimate of drug-likeness (QED) is 0.831. The number of phenols is 1. The van der Waals surface area contributed by atoms with E-state index in [4.69, 9.17) is 10.1 Å². The van der Waals surface area contributed by atoms with Crippen molar-refractivity contribution in [1.29, 1.82) is 5.41 Å². The fourth-order valence-electron chi connectivity index (χ4n) is 2.06. The maximum Gasteiger partial charge on any atom is 0.171 e. The second-order valence-electron chi connectivity index (χ2n) is 4.51. The Kier molecular flexibility index (Phi) is 3.75. The average Bonchev–Trinajstić information content (AvgIpc) is 2.84. The third kappa shape index (κ3) is 2.71. The van der Waals surface area contributed by atoms with E-state index in [9.17, 15) is 5.11 Å². The van der Waals surface area contributed by atoms with E-state index in [0.29, 0.717) is 18.8 Å². The number of hydrogen-bond acceptors (Lipinski definition) is 5. The minimum atomic E-state index is 0.216. The summed E-state index contributed by atoms with van der Waals surface area (Å²) in [5.74, 6) is 0.466. The zero-order chi connectivity index (χ0) is 13.9. The summed E-state index contributed by atoms with van der Waals surface area (Å²) in [6.07, 6.45) is 1.80. The molecule has 2 aliphatic heterocycles. The van der Waals surface area contributed by atoms with E-state index in [0.717, 1.165) is 23.2 Å². The highest BCUT2D eigenvalue weighted by molar-refractivity contribution is 8.18. The van der Waals surface area contributed by atoms with Crippen molar-refractivity contribution < 1.29 is 9.84 Å². The lowest BCUT2D eigenvalue weighted by molar-refractivity contribution is 0.0694. The zero-order valence-electron chi connectivity index (χ0n) is 10.9. The number of hydrogen-bond donors (Lipinski definition) is 2. The van der Waals surface area contributed by atoms with Crippen LogP contribution in [0.1, 0.15) is 5.56 Å². The largest absolute Gasteiger partial charge is 0.507 e. The Morgan fingerprint density at radius 1 is 1.30 bits per heavy atom. The van der Waals surface area contributed by atoms with Crippen LogP contribution in [0.25, 0.3) is 6.08 Å². The first kappa shape index (κ1) is 13.2.